The van der Waals surface area contributed by atoms with E-state index in [2.05, 4.69) is 5.32 Å². The van der Waals surface area contributed by atoms with Gasteiger partial charge in [-0.25, -0.2) is 0 Å². The molecule has 0 radical (unpaired) electrons. The van der Waals surface area contributed by atoms with Gasteiger partial charge >= 0.3 is 5.97 Å². The number of carbonyl (C=O) groups is 2. The van der Waals surface area contributed by atoms with Crippen LogP contribution in [-0.2, 0) is 9.59 Å². The van der Waals surface area contributed by atoms with Gasteiger partial charge in [0.2, 0.25) is 5.91 Å². The molecule has 0 spiro atoms. The summed E-state index contributed by atoms with van der Waals surface area (Å²) in [6.45, 7) is 4.32. The summed E-state index contributed by atoms with van der Waals surface area (Å²) < 4.78 is 5.55. The molecule has 1 heterocycles. The van der Waals surface area contributed by atoms with Crippen LogP contribution in [0.15, 0.2) is 24.3 Å². The van der Waals surface area contributed by atoms with Crippen molar-refractivity contribution in [3.8, 4) is 5.75 Å². The second-order valence-electron chi connectivity index (χ2n) is 5.68. The molecule has 1 amide bonds. The minimum atomic E-state index is -0.902. The van der Waals surface area contributed by atoms with E-state index in [4.69, 9.17) is 9.84 Å². The first-order valence-corrected chi connectivity index (χ1v) is 7.23. The van der Waals surface area contributed by atoms with Crippen molar-refractivity contribution in [1.29, 1.82) is 0 Å². The maximum absolute atomic E-state index is 12.5. The van der Waals surface area contributed by atoms with Crippen LogP contribution in [0.25, 0.3) is 0 Å². The molecule has 5 heteroatoms. The molecule has 0 aliphatic carbocycles. The van der Waals surface area contributed by atoms with Crippen LogP contribution in [-0.4, -0.2) is 29.6 Å². The number of nitrogens with one attached hydrogen (secondary N) is 1. The Balaban J connectivity index is 2.11. The van der Waals surface area contributed by atoms with Crippen LogP contribution in [0.1, 0.15) is 38.2 Å². The number of carbonyl (C=O) groups excluding carboxylic acids is 1. The number of hydrogen-bond donors (Lipinski definition) is 2. The van der Waals surface area contributed by atoms with E-state index in [0.717, 1.165) is 11.3 Å². The molecule has 1 aliphatic heterocycles. The molecular weight excluding hydrogens is 270 g/mol. The van der Waals surface area contributed by atoms with Crippen molar-refractivity contribution in [3.63, 3.8) is 0 Å². The van der Waals surface area contributed by atoms with Crippen LogP contribution < -0.4 is 10.1 Å². The zero-order chi connectivity index (χ0) is 15.4. The normalized spacial score (nSPS) is 18.5. The van der Waals surface area contributed by atoms with Gasteiger partial charge in [-0.3, -0.25) is 9.59 Å². The summed E-state index contributed by atoms with van der Waals surface area (Å²) >= 11 is 0. The van der Waals surface area contributed by atoms with Crippen LogP contribution >= 0.6 is 0 Å². The van der Waals surface area contributed by atoms with Crippen molar-refractivity contribution in [2.75, 3.05) is 6.61 Å². The third-order valence-electron chi connectivity index (χ3n) is 3.80. The van der Waals surface area contributed by atoms with E-state index in [1.54, 1.807) is 0 Å². The van der Waals surface area contributed by atoms with E-state index in [9.17, 15) is 9.59 Å². The lowest BCUT2D eigenvalue weighted by Gasteiger charge is -2.28. The number of aliphatic carboxylic acids is 1. The molecule has 2 atom stereocenters. The van der Waals surface area contributed by atoms with Crippen molar-refractivity contribution in [3.05, 3.63) is 29.8 Å². The zero-order valence-electron chi connectivity index (χ0n) is 12.3. The fourth-order valence-electron chi connectivity index (χ4n) is 2.54. The second kappa shape index (κ2) is 6.61. The Morgan fingerprint density at radius 3 is 2.76 bits per heavy atom. The number of hydrogen-bond acceptors (Lipinski definition) is 3. The number of rotatable bonds is 5. The number of carboxylic acid groups (broad SMARTS) is 1. The molecule has 5 nitrogen and oxygen atoms in total. The predicted octanol–water partition coefficient (Wildman–Crippen LogP) is 2.17. The molecular formula is C16H21NO4. The third kappa shape index (κ3) is 3.74. The Morgan fingerprint density at radius 1 is 1.38 bits per heavy atom. The first-order valence-electron chi connectivity index (χ1n) is 7.23. The minimum absolute atomic E-state index is 0.0612. The number of benzene rings is 1. The largest absolute Gasteiger partial charge is 0.493 e. The Bertz CT molecular complexity index is 527. The Morgan fingerprint density at radius 2 is 2.10 bits per heavy atom. The van der Waals surface area contributed by atoms with Crippen molar-refractivity contribution < 1.29 is 19.4 Å². The minimum Gasteiger partial charge on any atom is -0.493 e. The van der Waals surface area contributed by atoms with Gasteiger partial charge in [0.25, 0.3) is 0 Å². The standard InChI is InChI=1S/C16H21NO4/c1-10(2)13(9-15(18)19)17-16(20)12-7-8-21-14-6-4-3-5-11(12)14/h3-6,10,12-13H,7-9H2,1-2H3,(H,17,20)(H,18,19). The van der Waals surface area contributed by atoms with Crippen LogP contribution in [0.3, 0.4) is 0 Å². The number of carboxylic acids is 1. The lowest BCUT2D eigenvalue weighted by molar-refractivity contribution is -0.138. The third-order valence-corrected chi connectivity index (χ3v) is 3.80. The second-order valence-corrected chi connectivity index (χ2v) is 5.68. The number of para-hydroxylation sites is 1. The highest BCUT2D eigenvalue weighted by Crippen LogP contribution is 2.33. The number of ether oxygens (including phenoxy) is 1. The summed E-state index contributed by atoms with van der Waals surface area (Å²) in [6.07, 6.45) is 0.551. The van der Waals surface area contributed by atoms with E-state index in [1.165, 1.54) is 0 Å². The molecule has 1 aromatic carbocycles. The number of fused-ring (bicyclic) bond motifs is 1. The molecule has 2 unspecified atom stereocenters. The van der Waals surface area contributed by atoms with Crippen LogP contribution in [0.4, 0.5) is 0 Å². The molecule has 1 aromatic rings. The topological polar surface area (TPSA) is 75.6 Å². The lowest BCUT2D eigenvalue weighted by Crippen LogP contribution is -2.43. The van der Waals surface area contributed by atoms with Gasteiger partial charge in [0.05, 0.1) is 18.9 Å². The quantitative estimate of drug-likeness (QED) is 0.871. The van der Waals surface area contributed by atoms with Gasteiger partial charge in [-0.05, 0) is 18.4 Å². The fraction of sp³-hybridized carbons (Fsp3) is 0.500. The van der Waals surface area contributed by atoms with Gasteiger partial charge in [0.15, 0.2) is 0 Å². The first kappa shape index (κ1) is 15.4. The van der Waals surface area contributed by atoms with E-state index < -0.39 is 5.97 Å². The summed E-state index contributed by atoms with van der Waals surface area (Å²) in [7, 11) is 0. The van der Waals surface area contributed by atoms with Crippen LogP contribution in [0.2, 0.25) is 0 Å². The van der Waals surface area contributed by atoms with Crippen molar-refractivity contribution in [2.24, 2.45) is 5.92 Å². The fourth-order valence-corrected chi connectivity index (χ4v) is 2.54. The summed E-state index contributed by atoms with van der Waals surface area (Å²) in [5, 5.41) is 11.8. The van der Waals surface area contributed by atoms with Gasteiger partial charge in [0.1, 0.15) is 5.75 Å². The molecule has 0 aromatic heterocycles. The van der Waals surface area contributed by atoms with Gasteiger partial charge in [-0.15, -0.1) is 0 Å². The highest BCUT2D eigenvalue weighted by molar-refractivity contribution is 5.85. The summed E-state index contributed by atoms with van der Waals surface area (Å²) in [5.74, 6) is -0.486. The monoisotopic (exact) mass is 291 g/mol. The molecule has 2 N–H and O–H groups in total. The number of amides is 1. The zero-order valence-corrected chi connectivity index (χ0v) is 12.3. The molecule has 0 bridgehead atoms. The van der Waals surface area contributed by atoms with E-state index >= 15 is 0 Å². The average Bonchev–Trinajstić information content (AvgIpc) is 2.45. The van der Waals surface area contributed by atoms with Crippen molar-refractivity contribution >= 4 is 11.9 Å². The molecule has 21 heavy (non-hydrogen) atoms. The van der Waals surface area contributed by atoms with E-state index in [1.807, 2.05) is 38.1 Å². The summed E-state index contributed by atoms with van der Waals surface area (Å²) in [5.41, 5.74) is 0.874. The maximum atomic E-state index is 12.5. The van der Waals surface area contributed by atoms with Crippen molar-refractivity contribution in [2.45, 2.75) is 38.6 Å². The SMILES string of the molecule is CC(C)C(CC(=O)O)NC(=O)C1CCOc2ccccc21. The van der Waals surface area contributed by atoms with Gasteiger partial charge < -0.3 is 15.2 Å². The Hall–Kier alpha value is -2.04. The summed E-state index contributed by atoms with van der Waals surface area (Å²) in [6, 6.07) is 7.14. The highest BCUT2D eigenvalue weighted by Gasteiger charge is 2.30. The average molecular weight is 291 g/mol. The molecule has 2 rings (SSSR count). The smallest absolute Gasteiger partial charge is 0.305 e. The highest BCUT2D eigenvalue weighted by atomic mass is 16.5. The van der Waals surface area contributed by atoms with E-state index in [0.29, 0.717) is 13.0 Å². The molecule has 114 valence electrons. The van der Waals surface area contributed by atoms with Gasteiger partial charge in [0, 0.05) is 11.6 Å². The molecule has 0 fully saturated rings. The van der Waals surface area contributed by atoms with Crippen molar-refractivity contribution in [1.82, 2.24) is 5.32 Å². The Kier molecular flexibility index (Phi) is 4.83. The molecule has 0 saturated carbocycles. The summed E-state index contributed by atoms with van der Waals surface area (Å²) in [4.78, 5) is 23.4. The van der Waals surface area contributed by atoms with Gasteiger partial charge in [-0.2, -0.15) is 0 Å². The molecule has 1 aliphatic rings. The molecule has 0 saturated heterocycles. The first-order chi connectivity index (χ1) is 9.99. The van der Waals surface area contributed by atoms with Crippen LogP contribution in [0, 0.1) is 5.92 Å². The van der Waals surface area contributed by atoms with Crippen LogP contribution in [0.5, 0.6) is 5.75 Å². The predicted molar refractivity (Wildman–Crippen MR) is 78.3 cm³/mol. The van der Waals surface area contributed by atoms with Gasteiger partial charge in [-0.1, -0.05) is 32.0 Å². The lowest BCUT2D eigenvalue weighted by atomic mass is 9.91. The van der Waals surface area contributed by atoms with E-state index in [-0.39, 0.29) is 30.2 Å². The Labute approximate surface area is 124 Å². The maximum Gasteiger partial charge on any atom is 0.305 e.